The molecule has 7 rings (SSSR count). The maximum Gasteiger partial charge on any atom is 0.164 e. The fourth-order valence-electron chi connectivity index (χ4n) is 5.52. The van der Waals surface area contributed by atoms with Crippen LogP contribution in [0.15, 0.2) is 146 Å². The minimum absolute atomic E-state index is 0.162. The molecule has 0 saturated heterocycles. The molecule has 0 amide bonds. The molecule has 0 fully saturated rings. The van der Waals surface area contributed by atoms with Gasteiger partial charge in [0.1, 0.15) is 0 Å². The van der Waals surface area contributed by atoms with Crippen LogP contribution in [-0.2, 0) is 0 Å². The highest BCUT2D eigenvalue weighted by Gasteiger charge is 2.19. The highest BCUT2D eigenvalue weighted by atomic mass is 15.0. The molecule has 1 aliphatic rings. The lowest BCUT2D eigenvalue weighted by atomic mass is 9.90. The summed E-state index contributed by atoms with van der Waals surface area (Å²) in [4.78, 5) is 24.2. The fraction of sp³-hybridized carbons (Fsp3) is 0.0513. The first-order chi connectivity index (χ1) is 21.8. The average Bonchev–Trinajstić information content (AvgIpc) is 3.11. The smallest absolute Gasteiger partial charge is 0.164 e. The molecule has 1 atom stereocenters. The van der Waals surface area contributed by atoms with Crippen LogP contribution in [-0.4, -0.2) is 24.9 Å². The van der Waals surface area contributed by atoms with E-state index < -0.39 is 0 Å². The van der Waals surface area contributed by atoms with E-state index in [0.717, 1.165) is 51.0 Å². The molecule has 6 aromatic rings. The van der Waals surface area contributed by atoms with E-state index in [1.807, 2.05) is 79.1 Å². The largest absolute Gasteiger partial charge is 0.260 e. The monoisotopic (exact) mass is 567 g/mol. The van der Waals surface area contributed by atoms with E-state index in [0.29, 0.717) is 17.5 Å². The summed E-state index contributed by atoms with van der Waals surface area (Å²) in [6, 6.07) is 32.7. The van der Waals surface area contributed by atoms with Gasteiger partial charge in [-0.1, -0.05) is 128 Å². The molecular formula is C39H29N5. The number of pyridine rings is 2. The van der Waals surface area contributed by atoms with Crippen molar-refractivity contribution in [2.45, 2.75) is 12.3 Å². The van der Waals surface area contributed by atoms with Gasteiger partial charge in [-0.2, -0.15) is 0 Å². The maximum atomic E-state index is 4.97. The van der Waals surface area contributed by atoms with Crippen molar-refractivity contribution in [2.75, 3.05) is 0 Å². The van der Waals surface area contributed by atoms with Crippen molar-refractivity contribution >= 4 is 22.4 Å². The van der Waals surface area contributed by atoms with Gasteiger partial charge >= 0.3 is 0 Å². The third-order valence-electron chi connectivity index (χ3n) is 7.75. The van der Waals surface area contributed by atoms with E-state index in [2.05, 4.69) is 72.3 Å². The van der Waals surface area contributed by atoms with Gasteiger partial charge < -0.3 is 0 Å². The molecule has 3 aromatic heterocycles. The summed E-state index contributed by atoms with van der Waals surface area (Å²) in [6.45, 7) is 3.80. The van der Waals surface area contributed by atoms with Crippen molar-refractivity contribution in [3.05, 3.63) is 163 Å². The number of hydrogen-bond donors (Lipinski definition) is 0. The molecular weight excluding hydrogens is 538 g/mol. The van der Waals surface area contributed by atoms with Gasteiger partial charge in [-0.25, -0.2) is 15.0 Å². The van der Waals surface area contributed by atoms with Crippen LogP contribution in [0.3, 0.4) is 0 Å². The Morgan fingerprint density at radius 1 is 0.659 bits per heavy atom. The molecule has 5 heteroatoms. The average molecular weight is 568 g/mol. The summed E-state index contributed by atoms with van der Waals surface area (Å²) in [5, 5.41) is 2.29. The number of allylic oxidation sites excluding steroid dienone is 6. The molecule has 0 N–H and O–H groups in total. The van der Waals surface area contributed by atoms with Gasteiger partial charge in [0.2, 0.25) is 0 Å². The van der Waals surface area contributed by atoms with Gasteiger partial charge in [0.25, 0.3) is 0 Å². The predicted molar refractivity (Wildman–Crippen MR) is 179 cm³/mol. The lowest BCUT2D eigenvalue weighted by Crippen LogP contribution is -2.06. The van der Waals surface area contributed by atoms with E-state index in [1.54, 1.807) is 6.08 Å². The van der Waals surface area contributed by atoms with Crippen LogP contribution in [0.4, 0.5) is 0 Å². The molecule has 5 nitrogen and oxygen atoms in total. The Kier molecular flexibility index (Phi) is 7.50. The predicted octanol–water partition coefficient (Wildman–Crippen LogP) is 9.14. The van der Waals surface area contributed by atoms with Gasteiger partial charge in [0.05, 0.1) is 11.4 Å². The van der Waals surface area contributed by atoms with Crippen LogP contribution >= 0.6 is 0 Å². The van der Waals surface area contributed by atoms with Crippen molar-refractivity contribution < 1.29 is 0 Å². The summed E-state index contributed by atoms with van der Waals surface area (Å²) in [7, 11) is 0. The zero-order chi connectivity index (χ0) is 29.7. The van der Waals surface area contributed by atoms with E-state index in [1.165, 1.54) is 5.39 Å². The Labute approximate surface area is 256 Å². The lowest BCUT2D eigenvalue weighted by molar-refractivity contribution is 0.813. The zero-order valence-corrected chi connectivity index (χ0v) is 24.1. The van der Waals surface area contributed by atoms with E-state index >= 15 is 0 Å². The third-order valence-corrected chi connectivity index (χ3v) is 7.75. The second-order valence-corrected chi connectivity index (χ2v) is 10.6. The second kappa shape index (κ2) is 12.2. The van der Waals surface area contributed by atoms with Crippen molar-refractivity contribution in [3.8, 4) is 34.0 Å². The molecule has 0 radical (unpaired) electrons. The Morgan fingerprint density at radius 2 is 1.39 bits per heavy atom. The summed E-state index contributed by atoms with van der Waals surface area (Å²) in [5.74, 6) is 2.08. The maximum absolute atomic E-state index is 4.97. The SMILES string of the molecule is C=C/C=C\c1cccnc1C1C=CC(c2nc(-c3ccccc3)nc(-c3ccc(-c4nccc5ccccc45)cc3)n2)=CC1. The molecule has 1 unspecified atom stereocenters. The summed E-state index contributed by atoms with van der Waals surface area (Å²) < 4.78 is 0. The Morgan fingerprint density at radius 3 is 2.16 bits per heavy atom. The van der Waals surface area contributed by atoms with E-state index in [9.17, 15) is 0 Å². The van der Waals surface area contributed by atoms with Crippen LogP contribution < -0.4 is 0 Å². The molecule has 44 heavy (non-hydrogen) atoms. The third kappa shape index (κ3) is 5.51. The number of hydrogen-bond acceptors (Lipinski definition) is 5. The molecule has 3 heterocycles. The lowest BCUT2D eigenvalue weighted by Gasteiger charge is -2.18. The highest BCUT2D eigenvalue weighted by Crippen LogP contribution is 2.33. The standard InChI is InChI=1S/C39H29N5/c1-2-3-10-28-14-9-25-40-35(28)29-16-20-32(21-17-29)38-42-37(31-12-5-4-6-13-31)43-39(44-38)33-22-18-30(19-23-33)36-34-15-8-7-11-27(34)24-26-41-36/h2-16,18-26,29H,1,17H2/b10-3-. The van der Waals surface area contributed by atoms with Crippen LogP contribution in [0.5, 0.6) is 0 Å². The Balaban J connectivity index is 1.24. The van der Waals surface area contributed by atoms with Gasteiger partial charge in [-0.3, -0.25) is 9.97 Å². The summed E-state index contributed by atoms with van der Waals surface area (Å²) in [5.41, 5.74) is 6.97. The first-order valence-electron chi connectivity index (χ1n) is 14.7. The molecule has 3 aromatic carbocycles. The number of nitrogens with zero attached hydrogens (tertiary/aromatic N) is 5. The van der Waals surface area contributed by atoms with Crippen molar-refractivity contribution in [1.29, 1.82) is 0 Å². The van der Waals surface area contributed by atoms with Crippen LogP contribution in [0, 0.1) is 0 Å². The number of rotatable bonds is 7. The van der Waals surface area contributed by atoms with Crippen molar-refractivity contribution in [2.24, 2.45) is 0 Å². The molecule has 1 aliphatic carbocycles. The number of benzene rings is 3. The number of aromatic nitrogens is 5. The quantitative estimate of drug-likeness (QED) is 0.180. The minimum Gasteiger partial charge on any atom is -0.260 e. The molecule has 0 spiro atoms. The first kappa shape index (κ1) is 27.0. The first-order valence-corrected chi connectivity index (χ1v) is 14.7. The Bertz CT molecular complexity index is 2050. The van der Waals surface area contributed by atoms with E-state index in [-0.39, 0.29) is 5.92 Å². The van der Waals surface area contributed by atoms with Crippen LogP contribution in [0.25, 0.3) is 56.5 Å². The Hall–Kier alpha value is -5.81. The van der Waals surface area contributed by atoms with Gasteiger partial charge in [-0.05, 0) is 29.5 Å². The van der Waals surface area contributed by atoms with E-state index in [4.69, 9.17) is 19.9 Å². The van der Waals surface area contributed by atoms with Crippen molar-refractivity contribution in [3.63, 3.8) is 0 Å². The second-order valence-electron chi connectivity index (χ2n) is 10.6. The van der Waals surface area contributed by atoms with Crippen LogP contribution in [0.1, 0.15) is 29.4 Å². The molecule has 210 valence electrons. The molecule has 0 bridgehead atoms. The van der Waals surface area contributed by atoms with Gasteiger partial charge in [0, 0.05) is 46.0 Å². The topological polar surface area (TPSA) is 64.5 Å². The molecule has 0 saturated carbocycles. The van der Waals surface area contributed by atoms with Crippen molar-refractivity contribution in [1.82, 2.24) is 24.9 Å². The summed E-state index contributed by atoms with van der Waals surface area (Å²) >= 11 is 0. The van der Waals surface area contributed by atoms with Gasteiger partial charge in [0.15, 0.2) is 17.5 Å². The molecule has 0 aliphatic heterocycles. The minimum atomic E-state index is 0.162. The number of fused-ring (bicyclic) bond motifs is 1. The van der Waals surface area contributed by atoms with Gasteiger partial charge in [-0.15, -0.1) is 0 Å². The summed E-state index contributed by atoms with van der Waals surface area (Å²) in [6.07, 6.45) is 16.8. The zero-order valence-electron chi connectivity index (χ0n) is 24.1. The highest BCUT2D eigenvalue weighted by molar-refractivity contribution is 5.94. The van der Waals surface area contributed by atoms with Crippen LogP contribution in [0.2, 0.25) is 0 Å². The normalized spacial score (nSPS) is 14.5. The fourth-order valence-corrected chi connectivity index (χ4v) is 5.52.